The van der Waals surface area contributed by atoms with Gasteiger partial charge < -0.3 is 4.74 Å². The van der Waals surface area contributed by atoms with Crippen LogP contribution in [0.2, 0.25) is 0 Å². The van der Waals surface area contributed by atoms with Gasteiger partial charge in [0.25, 0.3) is 0 Å². The van der Waals surface area contributed by atoms with Crippen molar-refractivity contribution in [2.24, 2.45) is 0 Å². The maximum absolute atomic E-state index is 11.9. The molecule has 0 bridgehead atoms. The molecular formula is C12H16F3NO. The van der Waals surface area contributed by atoms with Crippen LogP contribution in [0.1, 0.15) is 32.2 Å². The third-order valence-electron chi connectivity index (χ3n) is 2.09. The van der Waals surface area contributed by atoms with Crippen LogP contribution in [-0.2, 0) is 16.8 Å². The second-order valence-corrected chi connectivity index (χ2v) is 4.87. The fourth-order valence-electron chi connectivity index (χ4n) is 1.25. The average molecular weight is 247 g/mol. The third kappa shape index (κ3) is 5.17. The molecule has 0 aromatic carbocycles. The smallest absolute Gasteiger partial charge is 0.366 e. The van der Waals surface area contributed by atoms with Crippen LogP contribution < -0.4 is 0 Å². The number of pyridine rings is 1. The molecule has 1 heterocycles. The summed E-state index contributed by atoms with van der Waals surface area (Å²) in [6, 6.07) is 5.29. The first-order valence-electron chi connectivity index (χ1n) is 5.29. The van der Waals surface area contributed by atoms with Crippen molar-refractivity contribution in [3.05, 3.63) is 29.6 Å². The predicted octanol–water partition coefficient (Wildman–Crippen LogP) is 3.46. The molecule has 1 rings (SSSR count). The van der Waals surface area contributed by atoms with Crippen LogP contribution in [0.3, 0.4) is 0 Å². The molecule has 17 heavy (non-hydrogen) atoms. The van der Waals surface area contributed by atoms with Crippen LogP contribution in [0.4, 0.5) is 13.2 Å². The minimum atomic E-state index is -4.29. The molecule has 0 N–H and O–H groups in total. The van der Waals surface area contributed by atoms with Gasteiger partial charge in [-0.25, -0.2) is 0 Å². The summed E-state index contributed by atoms with van der Waals surface area (Å²) in [5.41, 5.74) is 1.23. The summed E-state index contributed by atoms with van der Waals surface area (Å²) < 4.78 is 40.2. The molecule has 96 valence electrons. The summed E-state index contributed by atoms with van der Waals surface area (Å²) in [7, 11) is 0. The predicted molar refractivity (Wildman–Crippen MR) is 58.6 cm³/mol. The van der Waals surface area contributed by atoms with Gasteiger partial charge in [-0.3, -0.25) is 4.98 Å². The van der Waals surface area contributed by atoms with E-state index in [9.17, 15) is 13.2 Å². The van der Waals surface area contributed by atoms with Crippen molar-refractivity contribution in [1.82, 2.24) is 4.98 Å². The normalized spacial score (nSPS) is 12.8. The number of rotatable bonds is 3. The van der Waals surface area contributed by atoms with E-state index in [1.165, 1.54) is 0 Å². The molecule has 0 aliphatic carbocycles. The number of halogens is 3. The molecule has 0 atom stereocenters. The number of ether oxygens (including phenoxy) is 1. The Bertz CT molecular complexity index is 369. The Balaban J connectivity index is 2.61. The summed E-state index contributed by atoms with van der Waals surface area (Å²) in [6.07, 6.45) is -4.29. The van der Waals surface area contributed by atoms with Crippen molar-refractivity contribution in [2.75, 3.05) is 6.61 Å². The zero-order valence-corrected chi connectivity index (χ0v) is 10.1. The van der Waals surface area contributed by atoms with E-state index in [0.29, 0.717) is 5.69 Å². The molecule has 0 aliphatic heterocycles. The van der Waals surface area contributed by atoms with Gasteiger partial charge in [0.1, 0.15) is 6.61 Å². The molecule has 1 aromatic rings. The van der Waals surface area contributed by atoms with Crippen LogP contribution in [0, 0.1) is 0 Å². The SMILES string of the molecule is CC(C)(C)c1cccc(COCC(F)(F)F)n1. The Hall–Kier alpha value is -1.10. The maximum atomic E-state index is 11.9. The molecule has 0 radical (unpaired) electrons. The van der Waals surface area contributed by atoms with E-state index in [-0.39, 0.29) is 12.0 Å². The van der Waals surface area contributed by atoms with Crippen molar-refractivity contribution in [2.45, 2.75) is 39.0 Å². The Labute approximate surface area is 98.8 Å². The Kier molecular flexibility index (Phi) is 4.14. The molecule has 1 aromatic heterocycles. The van der Waals surface area contributed by atoms with Crippen molar-refractivity contribution in [3.63, 3.8) is 0 Å². The van der Waals surface area contributed by atoms with Gasteiger partial charge in [-0.15, -0.1) is 0 Å². The Morgan fingerprint density at radius 3 is 2.35 bits per heavy atom. The van der Waals surface area contributed by atoms with Gasteiger partial charge in [-0.1, -0.05) is 26.8 Å². The highest BCUT2D eigenvalue weighted by Gasteiger charge is 2.27. The second-order valence-electron chi connectivity index (χ2n) is 4.87. The fourth-order valence-corrected chi connectivity index (χ4v) is 1.25. The number of hydrogen-bond donors (Lipinski definition) is 0. The zero-order chi connectivity index (χ0) is 13.1. The lowest BCUT2D eigenvalue weighted by atomic mass is 9.91. The number of nitrogens with zero attached hydrogens (tertiary/aromatic N) is 1. The van der Waals surface area contributed by atoms with Crippen LogP contribution in [0.15, 0.2) is 18.2 Å². The molecule has 0 fully saturated rings. The first kappa shape index (κ1) is 14.0. The summed E-state index contributed by atoms with van der Waals surface area (Å²) in [4.78, 5) is 4.27. The number of aromatic nitrogens is 1. The van der Waals surface area contributed by atoms with E-state index < -0.39 is 12.8 Å². The lowest BCUT2D eigenvalue weighted by molar-refractivity contribution is -0.176. The van der Waals surface area contributed by atoms with Crippen molar-refractivity contribution >= 4 is 0 Å². The topological polar surface area (TPSA) is 22.1 Å². The van der Waals surface area contributed by atoms with Crippen molar-refractivity contribution in [3.8, 4) is 0 Å². The quantitative estimate of drug-likeness (QED) is 0.816. The van der Waals surface area contributed by atoms with E-state index in [1.807, 2.05) is 26.8 Å². The number of alkyl halides is 3. The van der Waals surface area contributed by atoms with Crippen LogP contribution in [0.25, 0.3) is 0 Å². The Morgan fingerprint density at radius 2 is 1.82 bits per heavy atom. The first-order valence-corrected chi connectivity index (χ1v) is 5.29. The van der Waals surface area contributed by atoms with Gasteiger partial charge in [0, 0.05) is 11.1 Å². The maximum Gasteiger partial charge on any atom is 0.411 e. The van der Waals surface area contributed by atoms with Crippen molar-refractivity contribution in [1.29, 1.82) is 0 Å². The summed E-state index contributed by atoms with van der Waals surface area (Å²) >= 11 is 0. The molecule has 5 heteroatoms. The van der Waals surface area contributed by atoms with Gasteiger partial charge in [-0.2, -0.15) is 13.2 Å². The van der Waals surface area contributed by atoms with Gasteiger partial charge in [0.05, 0.1) is 12.3 Å². The molecule has 0 saturated heterocycles. The van der Waals surface area contributed by atoms with Crippen LogP contribution in [-0.4, -0.2) is 17.8 Å². The molecule has 0 aliphatic rings. The van der Waals surface area contributed by atoms with E-state index in [2.05, 4.69) is 9.72 Å². The fraction of sp³-hybridized carbons (Fsp3) is 0.583. The van der Waals surface area contributed by atoms with E-state index in [4.69, 9.17) is 0 Å². The first-order chi connectivity index (χ1) is 7.68. The molecule has 2 nitrogen and oxygen atoms in total. The van der Waals surface area contributed by atoms with Gasteiger partial charge in [0.2, 0.25) is 0 Å². The lowest BCUT2D eigenvalue weighted by Crippen LogP contribution is -2.18. The summed E-state index contributed by atoms with van der Waals surface area (Å²) in [6.45, 7) is 4.62. The van der Waals surface area contributed by atoms with Crippen LogP contribution in [0.5, 0.6) is 0 Å². The van der Waals surface area contributed by atoms with Gasteiger partial charge in [0.15, 0.2) is 0 Å². The zero-order valence-electron chi connectivity index (χ0n) is 10.1. The molecule has 0 saturated carbocycles. The summed E-state index contributed by atoms with van der Waals surface area (Å²) in [5, 5.41) is 0. The van der Waals surface area contributed by atoms with Gasteiger partial charge in [-0.05, 0) is 12.1 Å². The highest BCUT2D eigenvalue weighted by atomic mass is 19.4. The molecule has 0 unspecified atom stereocenters. The van der Waals surface area contributed by atoms with Crippen LogP contribution >= 0.6 is 0 Å². The van der Waals surface area contributed by atoms with E-state index in [1.54, 1.807) is 12.1 Å². The van der Waals surface area contributed by atoms with Crippen molar-refractivity contribution < 1.29 is 17.9 Å². The van der Waals surface area contributed by atoms with E-state index in [0.717, 1.165) is 5.69 Å². The minimum Gasteiger partial charge on any atom is -0.366 e. The molecule has 0 amide bonds. The standard InChI is InChI=1S/C12H16F3NO/c1-11(2,3)10-6-4-5-9(16-10)7-17-8-12(13,14)15/h4-6H,7-8H2,1-3H3. The minimum absolute atomic E-state index is 0.122. The second kappa shape index (κ2) is 5.04. The average Bonchev–Trinajstić information content (AvgIpc) is 2.15. The highest BCUT2D eigenvalue weighted by molar-refractivity contribution is 5.17. The molecule has 0 spiro atoms. The highest BCUT2D eigenvalue weighted by Crippen LogP contribution is 2.20. The lowest BCUT2D eigenvalue weighted by Gasteiger charge is -2.18. The van der Waals surface area contributed by atoms with E-state index >= 15 is 0 Å². The number of hydrogen-bond acceptors (Lipinski definition) is 2. The Morgan fingerprint density at radius 1 is 1.18 bits per heavy atom. The molecular weight excluding hydrogens is 231 g/mol. The third-order valence-corrected chi connectivity index (χ3v) is 2.09. The monoisotopic (exact) mass is 247 g/mol. The summed E-state index contributed by atoms with van der Waals surface area (Å²) in [5.74, 6) is 0. The van der Waals surface area contributed by atoms with Gasteiger partial charge >= 0.3 is 6.18 Å². The largest absolute Gasteiger partial charge is 0.411 e.